The third-order valence-corrected chi connectivity index (χ3v) is 5.26. The van der Waals surface area contributed by atoms with Gasteiger partial charge in [0.05, 0.1) is 15.8 Å². The molecule has 0 fully saturated rings. The smallest absolute Gasteiger partial charge is 0.184 e. The van der Waals surface area contributed by atoms with Crippen LogP contribution in [0.15, 0.2) is 34.2 Å². The van der Waals surface area contributed by atoms with Crippen molar-refractivity contribution >= 4 is 54.0 Å². The van der Waals surface area contributed by atoms with Crippen LogP contribution in [0.3, 0.4) is 0 Å². The molecule has 0 amide bonds. The van der Waals surface area contributed by atoms with Gasteiger partial charge in [0.25, 0.3) is 0 Å². The Morgan fingerprint density at radius 3 is 2.89 bits per heavy atom. The maximum absolute atomic E-state index is 4.61. The maximum Gasteiger partial charge on any atom is 0.184 e. The molecule has 0 saturated carbocycles. The highest BCUT2D eigenvalue weighted by Crippen LogP contribution is 2.33. The van der Waals surface area contributed by atoms with E-state index >= 15 is 0 Å². The fourth-order valence-corrected chi connectivity index (χ4v) is 4.10. The van der Waals surface area contributed by atoms with Crippen LogP contribution in [0.4, 0.5) is 5.13 Å². The number of hydrogen-bond donors (Lipinski definition) is 1. The Hall–Kier alpha value is -0.980. The molecular formula is C13H12BrN3S2. The molecule has 0 aliphatic heterocycles. The van der Waals surface area contributed by atoms with E-state index in [-0.39, 0.29) is 5.54 Å². The number of benzene rings is 1. The van der Waals surface area contributed by atoms with E-state index in [0.717, 1.165) is 20.1 Å². The van der Waals surface area contributed by atoms with Gasteiger partial charge in [-0.15, -0.1) is 11.3 Å². The lowest BCUT2D eigenvalue weighted by Crippen LogP contribution is -2.27. The Labute approximate surface area is 127 Å². The number of anilines is 1. The first kappa shape index (κ1) is 13.0. The number of fused-ring (bicyclic) bond motifs is 1. The van der Waals surface area contributed by atoms with E-state index in [1.165, 1.54) is 4.70 Å². The van der Waals surface area contributed by atoms with Crippen molar-refractivity contribution in [2.75, 3.05) is 5.32 Å². The average Bonchev–Trinajstić information content (AvgIpc) is 2.95. The van der Waals surface area contributed by atoms with Crippen LogP contribution >= 0.6 is 38.6 Å². The Kier molecular flexibility index (Phi) is 3.32. The largest absolute Gasteiger partial charge is 0.350 e. The standard InChI is InChI=1S/C13H12BrN3S2/c1-13(2,11-15-5-6-18-11)17-12-16-9-4-3-8(14)7-10(9)19-12/h3-7H,1-2H3,(H,16,17). The lowest BCUT2D eigenvalue weighted by atomic mass is 10.1. The molecule has 0 aliphatic rings. The van der Waals surface area contributed by atoms with Gasteiger partial charge in [0.2, 0.25) is 0 Å². The highest BCUT2D eigenvalue weighted by Gasteiger charge is 2.24. The van der Waals surface area contributed by atoms with E-state index < -0.39 is 0 Å². The summed E-state index contributed by atoms with van der Waals surface area (Å²) >= 11 is 6.80. The summed E-state index contributed by atoms with van der Waals surface area (Å²) in [6.07, 6.45) is 1.83. The Morgan fingerprint density at radius 2 is 2.16 bits per heavy atom. The Bertz CT molecular complexity index is 704. The lowest BCUT2D eigenvalue weighted by molar-refractivity contribution is 0.604. The van der Waals surface area contributed by atoms with Gasteiger partial charge in [0.1, 0.15) is 5.01 Å². The van der Waals surface area contributed by atoms with Gasteiger partial charge in [-0.2, -0.15) is 0 Å². The monoisotopic (exact) mass is 353 g/mol. The molecule has 3 aromatic rings. The molecule has 1 aromatic carbocycles. The molecule has 98 valence electrons. The third kappa shape index (κ3) is 2.66. The molecule has 0 atom stereocenters. The molecule has 2 heterocycles. The average molecular weight is 354 g/mol. The SMILES string of the molecule is CC(C)(Nc1nc2ccc(Br)cc2s1)c1nccs1. The van der Waals surface area contributed by atoms with E-state index in [0.29, 0.717) is 0 Å². The molecule has 0 radical (unpaired) electrons. The molecule has 2 aromatic heterocycles. The zero-order chi connectivity index (χ0) is 13.5. The van der Waals surface area contributed by atoms with Crippen molar-refractivity contribution in [3.05, 3.63) is 39.3 Å². The zero-order valence-corrected chi connectivity index (χ0v) is 13.7. The Balaban J connectivity index is 1.93. The van der Waals surface area contributed by atoms with Gasteiger partial charge in [-0.1, -0.05) is 27.3 Å². The molecule has 3 rings (SSSR count). The second-order valence-electron chi connectivity index (χ2n) is 4.72. The van der Waals surface area contributed by atoms with Crippen LogP contribution in [-0.2, 0) is 5.54 Å². The number of nitrogens with zero attached hydrogens (tertiary/aromatic N) is 2. The summed E-state index contributed by atoms with van der Waals surface area (Å²) in [5.74, 6) is 0. The summed E-state index contributed by atoms with van der Waals surface area (Å²) in [5, 5.41) is 7.45. The lowest BCUT2D eigenvalue weighted by Gasteiger charge is -2.23. The molecule has 1 N–H and O–H groups in total. The van der Waals surface area contributed by atoms with E-state index in [1.807, 2.05) is 23.7 Å². The third-order valence-electron chi connectivity index (χ3n) is 2.74. The topological polar surface area (TPSA) is 37.8 Å². The summed E-state index contributed by atoms with van der Waals surface area (Å²) in [4.78, 5) is 8.99. The molecule has 6 heteroatoms. The van der Waals surface area contributed by atoms with Crippen molar-refractivity contribution < 1.29 is 0 Å². The fraction of sp³-hybridized carbons (Fsp3) is 0.231. The number of halogens is 1. The first-order chi connectivity index (χ1) is 9.04. The van der Waals surface area contributed by atoms with Gasteiger partial charge >= 0.3 is 0 Å². The van der Waals surface area contributed by atoms with E-state index in [2.05, 4.69) is 51.1 Å². The highest BCUT2D eigenvalue weighted by molar-refractivity contribution is 9.10. The van der Waals surface area contributed by atoms with Crippen LogP contribution < -0.4 is 5.32 Å². The van der Waals surface area contributed by atoms with E-state index in [9.17, 15) is 0 Å². The molecular weight excluding hydrogens is 342 g/mol. The number of rotatable bonds is 3. The zero-order valence-electron chi connectivity index (χ0n) is 10.5. The summed E-state index contributed by atoms with van der Waals surface area (Å²) in [6, 6.07) is 6.13. The van der Waals surface area contributed by atoms with E-state index in [1.54, 1.807) is 22.7 Å². The number of aromatic nitrogens is 2. The second-order valence-corrected chi connectivity index (χ2v) is 7.56. The fourth-order valence-electron chi connectivity index (χ4n) is 1.80. The van der Waals surface area contributed by atoms with Crippen molar-refractivity contribution in [2.45, 2.75) is 19.4 Å². The van der Waals surface area contributed by atoms with Crippen LogP contribution in [0.1, 0.15) is 18.9 Å². The van der Waals surface area contributed by atoms with Gasteiger partial charge in [0.15, 0.2) is 5.13 Å². The first-order valence-corrected chi connectivity index (χ1v) is 8.28. The van der Waals surface area contributed by atoms with Crippen molar-refractivity contribution in [1.82, 2.24) is 9.97 Å². The minimum absolute atomic E-state index is 0.209. The van der Waals surface area contributed by atoms with Gasteiger partial charge in [-0.3, -0.25) is 0 Å². The normalized spacial score (nSPS) is 11.9. The van der Waals surface area contributed by atoms with Gasteiger partial charge in [-0.25, -0.2) is 9.97 Å². The van der Waals surface area contributed by atoms with Crippen molar-refractivity contribution in [1.29, 1.82) is 0 Å². The minimum Gasteiger partial charge on any atom is -0.350 e. The molecule has 0 spiro atoms. The summed E-state index contributed by atoms with van der Waals surface area (Å²) < 4.78 is 2.25. The summed E-state index contributed by atoms with van der Waals surface area (Å²) in [6.45, 7) is 4.24. The minimum atomic E-state index is -0.209. The predicted octanol–water partition coefficient (Wildman–Crippen LogP) is 4.86. The van der Waals surface area contributed by atoms with Crippen molar-refractivity contribution in [3.8, 4) is 0 Å². The molecule has 0 unspecified atom stereocenters. The maximum atomic E-state index is 4.61. The number of thiazole rings is 2. The van der Waals surface area contributed by atoms with Crippen LogP contribution in [0.2, 0.25) is 0 Å². The van der Waals surface area contributed by atoms with Crippen LogP contribution in [0.25, 0.3) is 10.2 Å². The number of hydrogen-bond acceptors (Lipinski definition) is 5. The summed E-state index contributed by atoms with van der Waals surface area (Å²) in [7, 11) is 0. The van der Waals surface area contributed by atoms with Gasteiger partial charge in [-0.05, 0) is 32.0 Å². The van der Waals surface area contributed by atoms with Crippen LogP contribution in [0.5, 0.6) is 0 Å². The van der Waals surface area contributed by atoms with Gasteiger partial charge in [0, 0.05) is 16.0 Å². The predicted molar refractivity (Wildman–Crippen MR) is 86.1 cm³/mol. The summed E-state index contributed by atoms with van der Waals surface area (Å²) in [5.41, 5.74) is 0.810. The molecule has 3 nitrogen and oxygen atoms in total. The Morgan fingerprint density at radius 1 is 1.32 bits per heavy atom. The highest BCUT2D eigenvalue weighted by atomic mass is 79.9. The number of nitrogens with one attached hydrogen (secondary N) is 1. The first-order valence-electron chi connectivity index (χ1n) is 5.79. The molecule has 0 saturated heterocycles. The van der Waals surface area contributed by atoms with Crippen molar-refractivity contribution in [3.63, 3.8) is 0 Å². The molecule has 0 aliphatic carbocycles. The molecule has 19 heavy (non-hydrogen) atoms. The van der Waals surface area contributed by atoms with E-state index in [4.69, 9.17) is 0 Å². The van der Waals surface area contributed by atoms with Crippen LogP contribution in [0, 0.1) is 0 Å². The molecule has 0 bridgehead atoms. The van der Waals surface area contributed by atoms with Crippen LogP contribution in [-0.4, -0.2) is 9.97 Å². The van der Waals surface area contributed by atoms with Gasteiger partial charge < -0.3 is 5.32 Å². The quantitative estimate of drug-likeness (QED) is 0.730. The second kappa shape index (κ2) is 4.85. The van der Waals surface area contributed by atoms with Crippen molar-refractivity contribution in [2.24, 2.45) is 0 Å².